The number of carboxylic acid groups (broad SMARTS) is 1. The van der Waals surface area contributed by atoms with E-state index >= 15 is 0 Å². The highest BCUT2D eigenvalue weighted by Crippen LogP contribution is 2.25. The number of hydrogen-bond acceptors (Lipinski definition) is 5. The van der Waals surface area contributed by atoms with Gasteiger partial charge in [0.15, 0.2) is 0 Å². The lowest BCUT2D eigenvalue weighted by Gasteiger charge is -2.17. The van der Waals surface area contributed by atoms with Gasteiger partial charge in [-0.05, 0) is 38.0 Å². The molecule has 0 bridgehead atoms. The van der Waals surface area contributed by atoms with Gasteiger partial charge in [-0.1, -0.05) is 0 Å². The molecule has 1 aliphatic rings. The number of sulfonamides is 1. The monoisotopic (exact) mass is 328 g/mol. The number of rotatable bonds is 8. The molecule has 8 heteroatoms. The third-order valence-electron chi connectivity index (χ3n) is 3.25. The van der Waals surface area contributed by atoms with Gasteiger partial charge in [-0.2, -0.15) is 0 Å². The first-order valence-electron chi connectivity index (χ1n) is 6.98. The van der Waals surface area contributed by atoms with Crippen LogP contribution in [0.4, 0.5) is 5.69 Å². The van der Waals surface area contributed by atoms with E-state index in [0.717, 1.165) is 12.8 Å². The highest BCUT2D eigenvalue weighted by atomic mass is 32.2. The Kier molecular flexibility index (Phi) is 5.05. The number of aromatic carboxylic acids is 1. The normalized spacial score (nSPS) is 16.3. The third-order valence-corrected chi connectivity index (χ3v) is 4.77. The van der Waals surface area contributed by atoms with E-state index in [0.29, 0.717) is 12.3 Å². The molecule has 1 fully saturated rings. The number of nitrogens with one attached hydrogen (secondary N) is 2. The number of ether oxygens (including phenoxy) is 1. The van der Waals surface area contributed by atoms with Gasteiger partial charge in [-0.3, -0.25) is 0 Å². The highest BCUT2D eigenvalue weighted by Gasteiger charge is 2.28. The lowest BCUT2D eigenvalue weighted by atomic mass is 10.1. The molecule has 122 valence electrons. The van der Waals surface area contributed by atoms with Crippen LogP contribution >= 0.6 is 0 Å². The predicted molar refractivity (Wildman–Crippen MR) is 81.7 cm³/mol. The van der Waals surface area contributed by atoms with Gasteiger partial charge >= 0.3 is 5.97 Å². The maximum absolute atomic E-state index is 12.1. The van der Waals surface area contributed by atoms with Gasteiger partial charge in [0.25, 0.3) is 0 Å². The summed E-state index contributed by atoms with van der Waals surface area (Å²) in [7, 11) is -2.12. The molecule has 7 nitrogen and oxygen atoms in total. The second kappa shape index (κ2) is 6.64. The van der Waals surface area contributed by atoms with Crippen LogP contribution in [0.5, 0.6) is 0 Å². The lowest BCUT2D eigenvalue weighted by molar-refractivity contribution is 0.0697. The van der Waals surface area contributed by atoms with Crippen molar-refractivity contribution in [1.29, 1.82) is 0 Å². The Morgan fingerprint density at radius 2 is 2.14 bits per heavy atom. The van der Waals surface area contributed by atoms with Gasteiger partial charge < -0.3 is 15.2 Å². The molecule has 0 heterocycles. The van der Waals surface area contributed by atoms with Crippen LogP contribution in [-0.4, -0.2) is 45.3 Å². The Balaban J connectivity index is 2.28. The van der Waals surface area contributed by atoms with Crippen molar-refractivity contribution in [2.75, 3.05) is 19.0 Å². The number of benzene rings is 1. The molecule has 0 spiro atoms. The molecule has 0 aromatic heterocycles. The van der Waals surface area contributed by atoms with Crippen molar-refractivity contribution < 1.29 is 23.1 Å². The molecule has 0 saturated heterocycles. The van der Waals surface area contributed by atoms with Crippen molar-refractivity contribution in [3.63, 3.8) is 0 Å². The van der Waals surface area contributed by atoms with Crippen LogP contribution in [0.15, 0.2) is 23.1 Å². The fraction of sp³-hybridized carbons (Fsp3) is 0.500. The average Bonchev–Trinajstić information content (AvgIpc) is 3.22. The molecule has 1 aromatic carbocycles. The number of anilines is 1. The van der Waals surface area contributed by atoms with Gasteiger partial charge in [0.05, 0.1) is 17.1 Å². The summed E-state index contributed by atoms with van der Waals surface area (Å²) < 4.78 is 31.8. The number of carboxylic acids is 1. The molecule has 1 saturated carbocycles. The van der Waals surface area contributed by atoms with E-state index in [-0.39, 0.29) is 22.5 Å². The SMILES string of the molecule is COC[C@@H](C)Nc1ccc(S(=O)(=O)NC2CC2)cc1C(=O)O. The van der Waals surface area contributed by atoms with E-state index in [9.17, 15) is 18.3 Å². The lowest BCUT2D eigenvalue weighted by Crippen LogP contribution is -2.26. The summed E-state index contributed by atoms with van der Waals surface area (Å²) in [4.78, 5) is 11.3. The first-order chi connectivity index (χ1) is 10.3. The summed E-state index contributed by atoms with van der Waals surface area (Å²) in [5.41, 5.74) is 0.282. The van der Waals surface area contributed by atoms with Crippen molar-refractivity contribution in [3.05, 3.63) is 23.8 Å². The Bertz CT molecular complexity index is 655. The molecular weight excluding hydrogens is 308 g/mol. The average molecular weight is 328 g/mol. The quantitative estimate of drug-likeness (QED) is 0.664. The van der Waals surface area contributed by atoms with Gasteiger partial charge in [0, 0.05) is 24.9 Å². The van der Waals surface area contributed by atoms with Crippen molar-refractivity contribution in [1.82, 2.24) is 4.72 Å². The molecule has 0 amide bonds. The highest BCUT2D eigenvalue weighted by molar-refractivity contribution is 7.89. The van der Waals surface area contributed by atoms with E-state index in [1.165, 1.54) is 18.2 Å². The third kappa shape index (κ3) is 4.19. The molecule has 2 rings (SSSR count). The van der Waals surface area contributed by atoms with Crippen LogP contribution in [0.2, 0.25) is 0 Å². The van der Waals surface area contributed by atoms with Crippen LogP contribution in [0.1, 0.15) is 30.1 Å². The van der Waals surface area contributed by atoms with E-state index in [4.69, 9.17) is 4.74 Å². The summed E-state index contributed by atoms with van der Waals surface area (Å²) in [6.45, 7) is 2.25. The molecular formula is C14H20N2O5S. The molecule has 1 aliphatic carbocycles. The second-order valence-electron chi connectivity index (χ2n) is 5.41. The minimum atomic E-state index is -3.67. The largest absolute Gasteiger partial charge is 0.478 e. The van der Waals surface area contributed by atoms with E-state index < -0.39 is 16.0 Å². The predicted octanol–water partition coefficient (Wildman–Crippen LogP) is 1.27. The zero-order valence-electron chi connectivity index (χ0n) is 12.5. The van der Waals surface area contributed by atoms with Crippen LogP contribution in [-0.2, 0) is 14.8 Å². The van der Waals surface area contributed by atoms with Crippen LogP contribution in [0.3, 0.4) is 0 Å². The first-order valence-corrected chi connectivity index (χ1v) is 8.47. The van der Waals surface area contributed by atoms with E-state index in [2.05, 4.69) is 10.0 Å². The van der Waals surface area contributed by atoms with Crippen molar-refractivity contribution >= 4 is 21.7 Å². The summed E-state index contributed by atoms with van der Waals surface area (Å²) in [5.74, 6) is -1.18. The van der Waals surface area contributed by atoms with Crippen LogP contribution in [0.25, 0.3) is 0 Å². The molecule has 3 N–H and O–H groups in total. The molecule has 22 heavy (non-hydrogen) atoms. The van der Waals surface area contributed by atoms with Gasteiger partial charge in [-0.15, -0.1) is 0 Å². The maximum atomic E-state index is 12.1. The Morgan fingerprint density at radius 3 is 2.68 bits per heavy atom. The molecule has 0 unspecified atom stereocenters. The standard InChI is InChI=1S/C14H20N2O5S/c1-9(8-21-2)15-13-6-5-11(7-12(13)14(17)18)22(19,20)16-10-3-4-10/h5-7,9-10,15-16H,3-4,8H2,1-2H3,(H,17,18)/t9-/m1/s1. The minimum absolute atomic E-state index is 0.0298. The summed E-state index contributed by atoms with van der Waals surface area (Å²) in [5, 5.41) is 12.3. The molecule has 0 aliphatic heterocycles. The number of hydrogen-bond donors (Lipinski definition) is 3. The van der Waals surface area contributed by atoms with E-state index in [1.54, 1.807) is 7.11 Å². The Labute approximate surface area is 129 Å². The fourth-order valence-electron chi connectivity index (χ4n) is 2.04. The van der Waals surface area contributed by atoms with Crippen molar-refractivity contribution in [2.24, 2.45) is 0 Å². The topological polar surface area (TPSA) is 105 Å². The maximum Gasteiger partial charge on any atom is 0.337 e. The van der Waals surface area contributed by atoms with Gasteiger partial charge in [0.1, 0.15) is 0 Å². The zero-order valence-corrected chi connectivity index (χ0v) is 13.3. The van der Waals surface area contributed by atoms with Crippen molar-refractivity contribution in [3.8, 4) is 0 Å². The minimum Gasteiger partial charge on any atom is -0.478 e. The summed E-state index contributed by atoms with van der Waals surface area (Å²) in [6, 6.07) is 3.92. The second-order valence-corrected chi connectivity index (χ2v) is 7.12. The summed E-state index contributed by atoms with van der Waals surface area (Å²) in [6.07, 6.45) is 1.64. The van der Waals surface area contributed by atoms with Crippen LogP contribution < -0.4 is 10.0 Å². The summed E-state index contributed by atoms with van der Waals surface area (Å²) >= 11 is 0. The fourth-order valence-corrected chi connectivity index (χ4v) is 3.37. The number of carbonyl (C=O) groups is 1. The smallest absolute Gasteiger partial charge is 0.337 e. The van der Waals surface area contributed by atoms with Crippen molar-refractivity contribution in [2.45, 2.75) is 36.7 Å². The molecule has 1 aromatic rings. The number of methoxy groups -OCH3 is 1. The Hall–Kier alpha value is -1.64. The zero-order chi connectivity index (χ0) is 16.3. The molecule has 0 radical (unpaired) electrons. The van der Waals surface area contributed by atoms with Gasteiger partial charge in [-0.25, -0.2) is 17.9 Å². The van der Waals surface area contributed by atoms with Crippen LogP contribution in [0, 0.1) is 0 Å². The van der Waals surface area contributed by atoms with E-state index in [1.807, 2.05) is 6.92 Å². The molecule has 1 atom stereocenters. The first kappa shape index (κ1) is 16.7. The van der Waals surface area contributed by atoms with Gasteiger partial charge in [0.2, 0.25) is 10.0 Å². The Morgan fingerprint density at radius 1 is 1.45 bits per heavy atom.